The number of rotatable bonds is 4. The summed E-state index contributed by atoms with van der Waals surface area (Å²) in [6.07, 6.45) is 2.88. The van der Waals surface area contributed by atoms with Crippen molar-refractivity contribution in [1.29, 1.82) is 0 Å². The predicted molar refractivity (Wildman–Crippen MR) is 76.0 cm³/mol. The van der Waals surface area contributed by atoms with Crippen LogP contribution in [-0.2, 0) is 11.2 Å². The molecular weight excluding hydrogens is 244 g/mol. The van der Waals surface area contributed by atoms with Crippen molar-refractivity contribution >= 4 is 17.2 Å². The van der Waals surface area contributed by atoms with Gasteiger partial charge in [-0.05, 0) is 51.9 Å². The maximum Gasteiger partial charge on any atom is 0.223 e. The van der Waals surface area contributed by atoms with Gasteiger partial charge in [-0.1, -0.05) is 0 Å². The highest BCUT2D eigenvalue weighted by Crippen LogP contribution is 2.17. The van der Waals surface area contributed by atoms with Crippen LogP contribution in [0.25, 0.3) is 0 Å². The zero-order valence-corrected chi connectivity index (χ0v) is 12.0. The Kier molecular flexibility index (Phi) is 4.78. The summed E-state index contributed by atoms with van der Waals surface area (Å²) >= 11 is 1.82. The van der Waals surface area contributed by atoms with Gasteiger partial charge in [-0.2, -0.15) is 0 Å². The topological polar surface area (TPSA) is 41.1 Å². The number of amides is 1. The Bertz CT molecular complexity index is 396. The molecule has 1 fully saturated rings. The first-order chi connectivity index (χ1) is 8.65. The number of nitrogens with one attached hydrogen (secondary N) is 2. The molecule has 100 valence electrons. The number of carbonyl (C=O) groups is 1. The molecule has 1 atom stereocenters. The van der Waals surface area contributed by atoms with Crippen molar-refractivity contribution in [1.82, 2.24) is 10.6 Å². The molecule has 1 aliphatic heterocycles. The molecule has 0 aromatic carbocycles. The summed E-state index contributed by atoms with van der Waals surface area (Å²) in [5, 5.41) is 6.43. The van der Waals surface area contributed by atoms with E-state index < -0.39 is 0 Å². The number of hydrogen-bond donors (Lipinski definition) is 2. The molecule has 1 aliphatic rings. The first kappa shape index (κ1) is 13.6. The molecule has 18 heavy (non-hydrogen) atoms. The van der Waals surface area contributed by atoms with Crippen molar-refractivity contribution in [3.63, 3.8) is 0 Å². The van der Waals surface area contributed by atoms with E-state index in [4.69, 9.17) is 0 Å². The Morgan fingerprint density at radius 3 is 2.83 bits per heavy atom. The average Bonchev–Trinajstić information content (AvgIpc) is 2.75. The van der Waals surface area contributed by atoms with Gasteiger partial charge in [0.2, 0.25) is 5.91 Å². The molecule has 0 saturated carbocycles. The molecule has 0 aliphatic carbocycles. The highest BCUT2D eigenvalue weighted by atomic mass is 32.1. The van der Waals surface area contributed by atoms with Crippen LogP contribution >= 0.6 is 11.3 Å². The maximum atomic E-state index is 12.1. The fourth-order valence-electron chi connectivity index (χ4n) is 2.39. The van der Waals surface area contributed by atoms with Crippen LogP contribution in [0.2, 0.25) is 0 Å². The number of carbonyl (C=O) groups excluding carboxylic acids is 1. The summed E-state index contributed by atoms with van der Waals surface area (Å²) in [6.45, 7) is 6.15. The van der Waals surface area contributed by atoms with Crippen molar-refractivity contribution in [3.05, 3.63) is 21.9 Å². The molecule has 0 bridgehead atoms. The lowest BCUT2D eigenvalue weighted by Gasteiger charge is -2.23. The fraction of sp³-hybridized carbons (Fsp3) is 0.643. The van der Waals surface area contributed by atoms with E-state index in [1.165, 1.54) is 9.75 Å². The molecule has 1 aromatic heterocycles. The van der Waals surface area contributed by atoms with Crippen LogP contribution in [0.4, 0.5) is 0 Å². The van der Waals surface area contributed by atoms with Crippen LogP contribution in [0.1, 0.15) is 29.5 Å². The Hall–Kier alpha value is -0.870. The minimum atomic E-state index is 0.207. The molecule has 1 saturated heterocycles. The smallest absolute Gasteiger partial charge is 0.223 e. The quantitative estimate of drug-likeness (QED) is 0.876. The van der Waals surface area contributed by atoms with Crippen molar-refractivity contribution in [2.45, 2.75) is 39.2 Å². The van der Waals surface area contributed by atoms with E-state index >= 15 is 0 Å². The molecule has 4 heteroatoms. The molecular formula is C14H22N2OS. The molecule has 2 N–H and O–H groups in total. The zero-order chi connectivity index (χ0) is 13.0. The first-order valence-corrected chi connectivity index (χ1v) is 7.53. The van der Waals surface area contributed by atoms with Crippen molar-refractivity contribution in [2.24, 2.45) is 5.92 Å². The number of thiophene rings is 1. The second kappa shape index (κ2) is 6.34. The summed E-state index contributed by atoms with van der Waals surface area (Å²) < 4.78 is 0. The number of hydrogen-bond acceptors (Lipinski definition) is 3. The summed E-state index contributed by atoms with van der Waals surface area (Å²) in [4.78, 5) is 14.8. The van der Waals surface area contributed by atoms with Crippen LogP contribution in [0.5, 0.6) is 0 Å². The minimum Gasteiger partial charge on any atom is -0.353 e. The highest BCUT2D eigenvalue weighted by molar-refractivity contribution is 7.11. The van der Waals surface area contributed by atoms with Crippen LogP contribution in [0.15, 0.2) is 12.1 Å². The SMILES string of the molecule is Cc1ccc(CC(C)NC(=O)C2CCNCC2)s1. The average molecular weight is 266 g/mol. The molecule has 2 heterocycles. The molecule has 0 spiro atoms. The van der Waals surface area contributed by atoms with Crippen LogP contribution in [0, 0.1) is 12.8 Å². The maximum absolute atomic E-state index is 12.1. The minimum absolute atomic E-state index is 0.207. The number of aryl methyl sites for hydroxylation is 1. The Labute approximate surface area is 113 Å². The van der Waals surface area contributed by atoms with Crippen molar-refractivity contribution < 1.29 is 4.79 Å². The van der Waals surface area contributed by atoms with Gasteiger partial charge < -0.3 is 10.6 Å². The van der Waals surface area contributed by atoms with E-state index in [1.807, 2.05) is 11.3 Å². The molecule has 1 amide bonds. The van der Waals surface area contributed by atoms with Crippen LogP contribution in [-0.4, -0.2) is 25.0 Å². The van der Waals surface area contributed by atoms with E-state index in [2.05, 4.69) is 36.6 Å². The fourth-order valence-corrected chi connectivity index (χ4v) is 3.41. The van der Waals surface area contributed by atoms with Gasteiger partial charge in [0.1, 0.15) is 0 Å². The Balaban J connectivity index is 1.79. The third-order valence-electron chi connectivity index (χ3n) is 3.40. The summed E-state index contributed by atoms with van der Waals surface area (Å²) in [6, 6.07) is 4.53. The van der Waals surface area contributed by atoms with Crippen molar-refractivity contribution in [3.8, 4) is 0 Å². The van der Waals surface area contributed by atoms with Gasteiger partial charge in [0.25, 0.3) is 0 Å². The largest absolute Gasteiger partial charge is 0.353 e. The van der Waals surface area contributed by atoms with Gasteiger partial charge in [-0.3, -0.25) is 4.79 Å². The lowest BCUT2D eigenvalue weighted by molar-refractivity contribution is -0.126. The number of piperidine rings is 1. The van der Waals surface area contributed by atoms with Gasteiger partial charge in [-0.25, -0.2) is 0 Å². The normalized spacial score (nSPS) is 18.6. The third kappa shape index (κ3) is 3.82. The monoisotopic (exact) mass is 266 g/mol. The van der Waals surface area contributed by atoms with Gasteiger partial charge in [0.15, 0.2) is 0 Å². The first-order valence-electron chi connectivity index (χ1n) is 6.71. The molecule has 0 radical (unpaired) electrons. The molecule has 2 rings (SSSR count). The lowest BCUT2D eigenvalue weighted by Crippen LogP contribution is -2.42. The predicted octanol–water partition coefficient (Wildman–Crippen LogP) is 2.10. The summed E-state index contributed by atoms with van der Waals surface area (Å²) in [5.74, 6) is 0.441. The Morgan fingerprint density at radius 2 is 2.22 bits per heavy atom. The highest BCUT2D eigenvalue weighted by Gasteiger charge is 2.22. The summed E-state index contributed by atoms with van der Waals surface area (Å²) in [5.41, 5.74) is 0. The van der Waals surface area contributed by atoms with E-state index in [0.717, 1.165) is 32.4 Å². The summed E-state index contributed by atoms with van der Waals surface area (Å²) in [7, 11) is 0. The lowest BCUT2D eigenvalue weighted by atomic mass is 9.97. The molecule has 3 nitrogen and oxygen atoms in total. The van der Waals surface area contributed by atoms with Crippen molar-refractivity contribution in [2.75, 3.05) is 13.1 Å². The van der Waals surface area contributed by atoms with E-state index in [1.54, 1.807) is 0 Å². The second-order valence-electron chi connectivity index (χ2n) is 5.15. The van der Waals surface area contributed by atoms with Gasteiger partial charge in [0, 0.05) is 28.1 Å². The van der Waals surface area contributed by atoms with Gasteiger partial charge >= 0.3 is 0 Å². The van der Waals surface area contributed by atoms with Crippen LogP contribution in [0.3, 0.4) is 0 Å². The standard InChI is InChI=1S/C14H22N2OS/c1-10(9-13-4-3-11(2)18-13)16-14(17)12-5-7-15-8-6-12/h3-4,10,12,15H,5-9H2,1-2H3,(H,16,17). The molecule has 1 aromatic rings. The zero-order valence-electron chi connectivity index (χ0n) is 11.2. The molecule has 1 unspecified atom stereocenters. The van der Waals surface area contributed by atoms with E-state index in [9.17, 15) is 4.79 Å². The van der Waals surface area contributed by atoms with Gasteiger partial charge in [0.05, 0.1) is 0 Å². The Morgan fingerprint density at radius 1 is 1.50 bits per heavy atom. The van der Waals surface area contributed by atoms with E-state index in [0.29, 0.717) is 0 Å². The van der Waals surface area contributed by atoms with Crippen LogP contribution < -0.4 is 10.6 Å². The van der Waals surface area contributed by atoms with E-state index in [-0.39, 0.29) is 17.9 Å². The van der Waals surface area contributed by atoms with Gasteiger partial charge in [-0.15, -0.1) is 11.3 Å². The second-order valence-corrected chi connectivity index (χ2v) is 6.52. The third-order valence-corrected chi connectivity index (χ3v) is 4.42.